The summed E-state index contributed by atoms with van der Waals surface area (Å²) in [5, 5.41) is 9.64. The van der Waals surface area contributed by atoms with Gasteiger partial charge in [0.15, 0.2) is 0 Å². The third-order valence-corrected chi connectivity index (χ3v) is 2.56. The van der Waals surface area contributed by atoms with Gasteiger partial charge in [-0.05, 0) is 18.2 Å². The number of hydrogen-bond donors (Lipinski definition) is 1. The summed E-state index contributed by atoms with van der Waals surface area (Å²) >= 11 is 11.7. The van der Waals surface area contributed by atoms with Crippen LogP contribution in [0.4, 0.5) is 0 Å². The standard InChI is InChI=1S/C10H6Cl2O3/c11-6-2-8(12)7-1-5(10(13)14)4-15-9(7)3-6/h1-3H,4H2,(H,13,14). The fourth-order valence-corrected chi connectivity index (χ4v) is 1.84. The highest BCUT2D eigenvalue weighted by Crippen LogP contribution is 2.35. The molecule has 0 bridgehead atoms. The molecule has 1 aliphatic rings. The van der Waals surface area contributed by atoms with E-state index in [0.717, 1.165) is 0 Å². The highest BCUT2D eigenvalue weighted by molar-refractivity contribution is 6.36. The first-order valence-corrected chi connectivity index (χ1v) is 4.89. The van der Waals surface area contributed by atoms with Crippen LogP contribution in [0, 0.1) is 0 Å². The zero-order chi connectivity index (χ0) is 11.0. The molecule has 0 amide bonds. The number of fused-ring (bicyclic) bond motifs is 1. The molecule has 1 aromatic carbocycles. The predicted molar refractivity (Wildman–Crippen MR) is 57.6 cm³/mol. The summed E-state index contributed by atoms with van der Waals surface area (Å²) in [6.07, 6.45) is 1.50. The first kappa shape index (κ1) is 10.3. The minimum absolute atomic E-state index is 0.0268. The molecule has 0 unspecified atom stereocenters. The van der Waals surface area contributed by atoms with Crippen molar-refractivity contribution in [3.8, 4) is 5.75 Å². The highest BCUT2D eigenvalue weighted by Gasteiger charge is 2.18. The molecular weight excluding hydrogens is 239 g/mol. The van der Waals surface area contributed by atoms with Crippen molar-refractivity contribution in [3.63, 3.8) is 0 Å². The van der Waals surface area contributed by atoms with Crippen LogP contribution >= 0.6 is 23.2 Å². The molecule has 1 aliphatic heterocycles. The molecule has 0 saturated heterocycles. The number of rotatable bonds is 1. The van der Waals surface area contributed by atoms with Crippen LogP contribution in [0.25, 0.3) is 6.08 Å². The van der Waals surface area contributed by atoms with Gasteiger partial charge in [-0.1, -0.05) is 23.2 Å². The van der Waals surface area contributed by atoms with E-state index in [9.17, 15) is 4.79 Å². The second kappa shape index (κ2) is 3.76. The Kier molecular flexibility index (Phi) is 2.59. The summed E-state index contributed by atoms with van der Waals surface area (Å²) in [4.78, 5) is 10.7. The van der Waals surface area contributed by atoms with Crippen LogP contribution in [0.15, 0.2) is 17.7 Å². The summed E-state index contributed by atoms with van der Waals surface area (Å²) in [6.45, 7) is 0.0268. The van der Waals surface area contributed by atoms with Crippen molar-refractivity contribution in [2.75, 3.05) is 6.61 Å². The lowest BCUT2D eigenvalue weighted by molar-refractivity contribution is -0.132. The van der Waals surface area contributed by atoms with Gasteiger partial charge in [-0.25, -0.2) is 4.79 Å². The Bertz CT molecular complexity index is 466. The Balaban J connectivity index is 2.55. The van der Waals surface area contributed by atoms with Gasteiger partial charge in [0.2, 0.25) is 0 Å². The predicted octanol–water partition coefficient (Wildman–Crippen LogP) is 2.85. The van der Waals surface area contributed by atoms with E-state index in [1.165, 1.54) is 6.08 Å². The average molecular weight is 245 g/mol. The van der Waals surface area contributed by atoms with E-state index in [-0.39, 0.29) is 12.2 Å². The molecular formula is C10H6Cl2O3. The summed E-state index contributed by atoms with van der Waals surface area (Å²) in [5.74, 6) is -0.496. The Hall–Kier alpha value is -1.19. The van der Waals surface area contributed by atoms with Crippen molar-refractivity contribution in [1.82, 2.24) is 0 Å². The maximum atomic E-state index is 10.7. The van der Waals surface area contributed by atoms with Gasteiger partial charge in [0, 0.05) is 10.6 Å². The molecule has 0 aliphatic carbocycles. The van der Waals surface area contributed by atoms with Crippen LogP contribution < -0.4 is 4.74 Å². The first-order valence-electron chi connectivity index (χ1n) is 4.13. The SMILES string of the molecule is O=C(O)C1=Cc2c(Cl)cc(Cl)cc2OC1. The molecule has 1 N–H and O–H groups in total. The van der Waals surface area contributed by atoms with Crippen molar-refractivity contribution in [2.45, 2.75) is 0 Å². The van der Waals surface area contributed by atoms with Gasteiger partial charge >= 0.3 is 5.97 Å². The summed E-state index contributed by atoms with van der Waals surface area (Å²) in [7, 11) is 0. The van der Waals surface area contributed by atoms with Crippen molar-refractivity contribution in [1.29, 1.82) is 0 Å². The van der Waals surface area contributed by atoms with Gasteiger partial charge in [-0.15, -0.1) is 0 Å². The molecule has 5 heteroatoms. The van der Waals surface area contributed by atoms with E-state index < -0.39 is 5.97 Å². The molecule has 0 fully saturated rings. The van der Waals surface area contributed by atoms with Crippen LogP contribution in [0.2, 0.25) is 10.0 Å². The van der Waals surface area contributed by atoms with Crippen molar-refractivity contribution >= 4 is 35.2 Å². The molecule has 0 saturated carbocycles. The Labute approximate surface area is 95.9 Å². The van der Waals surface area contributed by atoms with Crippen LogP contribution in [0.1, 0.15) is 5.56 Å². The van der Waals surface area contributed by atoms with Crippen LogP contribution in [-0.4, -0.2) is 17.7 Å². The van der Waals surface area contributed by atoms with Crippen molar-refractivity contribution in [2.24, 2.45) is 0 Å². The monoisotopic (exact) mass is 244 g/mol. The normalized spacial score (nSPS) is 13.9. The van der Waals surface area contributed by atoms with E-state index in [1.54, 1.807) is 12.1 Å². The first-order chi connectivity index (χ1) is 7.08. The minimum atomic E-state index is -1.01. The second-order valence-electron chi connectivity index (χ2n) is 3.06. The van der Waals surface area contributed by atoms with Gasteiger partial charge in [-0.3, -0.25) is 0 Å². The Morgan fingerprint density at radius 3 is 2.80 bits per heavy atom. The Morgan fingerprint density at radius 1 is 1.40 bits per heavy atom. The third kappa shape index (κ3) is 1.94. The van der Waals surface area contributed by atoms with E-state index in [2.05, 4.69) is 0 Å². The Morgan fingerprint density at radius 2 is 2.13 bits per heavy atom. The quantitative estimate of drug-likeness (QED) is 0.827. The van der Waals surface area contributed by atoms with Gasteiger partial charge < -0.3 is 9.84 Å². The molecule has 0 atom stereocenters. The molecule has 2 rings (SSSR count). The lowest BCUT2D eigenvalue weighted by Gasteiger charge is -2.16. The summed E-state index contributed by atoms with van der Waals surface area (Å²) in [5.41, 5.74) is 0.733. The molecule has 0 aromatic heterocycles. The fourth-order valence-electron chi connectivity index (χ4n) is 1.32. The molecule has 3 nitrogen and oxygen atoms in total. The maximum Gasteiger partial charge on any atom is 0.335 e. The van der Waals surface area contributed by atoms with E-state index in [4.69, 9.17) is 33.0 Å². The number of carbonyl (C=O) groups is 1. The van der Waals surface area contributed by atoms with Crippen LogP contribution in [0.3, 0.4) is 0 Å². The number of ether oxygens (including phenoxy) is 1. The smallest absolute Gasteiger partial charge is 0.335 e. The zero-order valence-corrected chi connectivity index (χ0v) is 8.97. The highest BCUT2D eigenvalue weighted by atomic mass is 35.5. The topological polar surface area (TPSA) is 46.5 Å². The van der Waals surface area contributed by atoms with Gasteiger partial charge in [0.25, 0.3) is 0 Å². The maximum absolute atomic E-state index is 10.7. The van der Waals surface area contributed by atoms with E-state index in [1.807, 2.05) is 0 Å². The van der Waals surface area contributed by atoms with Crippen molar-refractivity contribution in [3.05, 3.63) is 33.3 Å². The third-order valence-electron chi connectivity index (χ3n) is 2.03. The number of hydrogen-bond acceptors (Lipinski definition) is 2. The lowest BCUT2D eigenvalue weighted by atomic mass is 10.1. The lowest BCUT2D eigenvalue weighted by Crippen LogP contribution is -2.14. The fraction of sp³-hybridized carbons (Fsp3) is 0.100. The van der Waals surface area contributed by atoms with Gasteiger partial charge in [-0.2, -0.15) is 0 Å². The molecule has 1 heterocycles. The number of carboxylic acids is 1. The second-order valence-corrected chi connectivity index (χ2v) is 3.91. The van der Waals surface area contributed by atoms with Crippen molar-refractivity contribution < 1.29 is 14.6 Å². The van der Waals surface area contributed by atoms with E-state index >= 15 is 0 Å². The van der Waals surface area contributed by atoms with Gasteiger partial charge in [0.1, 0.15) is 12.4 Å². The van der Waals surface area contributed by atoms with E-state index in [0.29, 0.717) is 21.4 Å². The molecule has 0 spiro atoms. The summed E-state index contributed by atoms with van der Waals surface area (Å²) in [6, 6.07) is 3.16. The molecule has 78 valence electrons. The molecule has 0 radical (unpaired) electrons. The van der Waals surface area contributed by atoms with Crippen LogP contribution in [0.5, 0.6) is 5.75 Å². The largest absolute Gasteiger partial charge is 0.488 e. The zero-order valence-electron chi connectivity index (χ0n) is 7.46. The number of halogens is 2. The number of benzene rings is 1. The van der Waals surface area contributed by atoms with Gasteiger partial charge in [0.05, 0.1) is 10.6 Å². The molecule has 1 aromatic rings. The number of carboxylic acid groups (broad SMARTS) is 1. The minimum Gasteiger partial charge on any atom is -0.488 e. The molecule has 15 heavy (non-hydrogen) atoms. The summed E-state index contributed by atoms with van der Waals surface area (Å²) < 4.78 is 5.24. The number of aliphatic carboxylic acids is 1. The average Bonchev–Trinajstić information content (AvgIpc) is 2.16. The van der Waals surface area contributed by atoms with Crippen LogP contribution in [-0.2, 0) is 4.79 Å².